The van der Waals surface area contributed by atoms with Crippen LogP contribution < -0.4 is 5.63 Å². The van der Waals surface area contributed by atoms with Crippen molar-refractivity contribution in [1.29, 1.82) is 0 Å². The number of carbonyl (C=O) groups excluding carboxylic acids is 1. The Morgan fingerprint density at radius 2 is 1.70 bits per heavy atom. The fourth-order valence-electron chi connectivity index (χ4n) is 2.57. The highest BCUT2D eigenvalue weighted by atomic mass is 35.5. The number of hydrogen-bond acceptors (Lipinski definition) is 4. The van der Waals surface area contributed by atoms with Gasteiger partial charge in [-0.05, 0) is 42.8 Å². The van der Waals surface area contributed by atoms with E-state index in [1.165, 1.54) is 37.3 Å². The van der Waals surface area contributed by atoms with Crippen molar-refractivity contribution < 1.29 is 23.1 Å². The Morgan fingerprint density at radius 1 is 1.03 bits per heavy atom. The number of fused-ring (bicyclic) bond motifs is 1. The topological polar surface area (TPSA) is 56.5 Å². The second-order valence-electron chi connectivity index (χ2n) is 5.55. The molecule has 0 fully saturated rings. The molecule has 0 saturated heterocycles. The Morgan fingerprint density at radius 3 is 2.30 bits per heavy atom. The Balaban J connectivity index is 0.00000106. The first-order chi connectivity index (χ1) is 14.4. The molecular weight excluding hydrogens is 414 g/mol. The van der Waals surface area contributed by atoms with Gasteiger partial charge < -0.3 is 4.42 Å². The number of hydrogen-bond donors (Lipinski definition) is 0. The third-order valence-corrected chi connectivity index (χ3v) is 4.08. The van der Waals surface area contributed by atoms with Gasteiger partial charge in [0.2, 0.25) is 0 Å². The molecule has 0 unspecified atom stereocenters. The summed E-state index contributed by atoms with van der Waals surface area (Å²) in [6.07, 6.45) is 1.39. The van der Waals surface area contributed by atoms with Crippen LogP contribution in [0.4, 0.5) is 8.92 Å². The van der Waals surface area contributed by atoms with Crippen molar-refractivity contribution in [3.63, 3.8) is 0 Å². The average Bonchev–Trinajstić information content (AvgIpc) is 2.75. The molecule has 3 rings (SSSR count). The van der Waals surface area contributed by atoms with E-state index in [2.05, 4.69) is 4.94 Å². The molecule has 0 aliphatic rings. The lowest BCUT2D eigenvalue weighted by Gasteiger charge is -2.08. The van der Waals surface area contributed by atoms with Gasteiger partial charge in [-0.15, -0.1) is 0 Å². The predicted octanol–water partition coefficient (Wildman–Crippen LogP) is 7.14. The largest absolute Gasteiger partial charge is 0.423 e. The van der Waals surface area contributed by atoms with Gasteiger partial charge in [-0.3, -0.25) is 0 Å². The zero-order chi connectivity index (χ0) is 22.8. The first-order valence-electron chi connectivity index (χ1n) is 9.43. The highest BCUT2D eigenvalue weighted by Crippen LogP contribution is 2.33. The van der Waals surface area contributed by atoms with Crippen molar-refractivity contribution >= 4 is 34.6 Å². The monoisotopic (exact) mass is 436 g/mol. The van der Waals surface area contributed by atoms with Crippen LogP contribution in [0.1, 0.15) is 40.2 Å². The molecule has 0 saturated carbocycles. The molecule has 1 aromatic heterocycles. The molecule has 1 heterocycles. The molecule has 0 aliphatic heterocycles. The van der Waals surface area contributed by atoms with Crippen LogP contribution in [-0.2, 0) is 9.74 Å². The van der Waals surface area contributed by atoms with Crippen LogP contribution in [0, 0.1) is 5.82 Å². The van der Waals surface area contributed by atoms with Gasteiger partial charge in [-0.2, -0.15) is 0 Å². The summed E-state index contributed by atoms with van der Waals surface area (Å²) in [6.45, 7) is 9.39. The zero-order valence-electron chi connectivity index (χ0n) is 17.4. The van der Waals surface area contributed by atoms with E-state index in [0.29, 0.717) is 22.1 Å². The van der Waals surface area contributed by atoms with E-state index in [-0.39, 0.29) is 16.2 Å². The van der Waals surface area contributed by atoms with Crippen LogP contribution in [0.2, 0.25) is 5.02 Å². The maximum absolute atomic E-state index is 13.3. The van der Waals surface area contributed by atoms with Gasteiger partial charge in [0.05, 0.1) is 5.02 Å². The van der Waals surface area contributed by atoms with Crippen LogP contribution in [0.25, 0.3) is 28.2 Å². The maximum atomic E-state index is 13.3. The smallest absolute Gasteiger partial charge is 0.375 e. The van der Waals surface area contributed by atoms with E-state index in [9.17, 15) is 18.5 Å². The van der Waals surface area contributed by atoms with Gasteiger partial charge in [0.15, 0.2) is 0 Å². The van der Waals surface area contributed by atoms with Gasteiger partial charge in [-0.1, -0.05) is 51.4 Å². The first kappa shape index (κ1) is 25.0. The van der Waals surface area contributed by atoms with E-state index in [0.717, 1.165) is 6.07 Å². The highest BCUT2D eigenvalue weighted by Gasteiger charge is 2.13. The van der Waals surface area contributed by atoms with Gasteiger partial charge in [0, 0.05) is 32.7 Å². The molecule has 7 heteroatoms. The predicted molar refractivity (Wildman–Crippen MR) is 116 cm³/mol. The van der Waals surface area contributed by atoms with E-state index in [4.69, 9.17) is 16.0 Å². The Kier molecular flexibility index (Phi) is 9.92. The standard InChI is InChI=1S/C19H11ClF2O4.2C2H6/c1-10(19(24)26-22)6-11-2-4-14-15(9-18(23)25-17(14)7-11)13-5-3-12(21)8-16(13)20;2*1-2/h2-9H,1H3;2*1-2H3/b10-6+;;. The Bertz CT molecular complexity index is 1100. The fraction of sp³-hybridized carbons (Fsp3) is 0.217. The number of carbonyl (C=O) groups is 1. The second-order valence-corrected chi connectivity index (χ2v) is 5.96. The van der Waals surface area contributed by atoms with Gasteiger partial charge in [0.1, 0.15) is 11.4 Å². The number of halogens is 3. The molecule has 0 spiro atoms. The SMILES string of the molecule is C/C(=C\c1ccc2c(-c3ccc(F)cc3Cl)cc(=O)oc2c1)C(=O)OF.CC.CC. The summed E-state index contributed by atoms with van der Waals surface area (Å²) in [4.78, 5) is 26.2. The Hall–Kier alpha value is -2.99. The molecule has 0 bridgehead atoms. The van der Waals surface area contributed by atoms with E-state index < -0.39 is 17.4 Å². The molecule has 0 N–H and O–H groups in total. The number of rotatable bonds is 3. The molecule has 0 radical (unpaired) electrons. The minimum absolute atomic E-state index is 0.0342. The number of benzene rings is 2. The van der Waals surface area contributed by atoms with E-state index >= 15 is 0 Å². The zero-order valence-corrected chi connectivity index (χ0v) is 18.1. The lowest BCUT2D eigenvalue weighted by Crippen LogP contribution is -2.00. The average molecular weight is 437 g/mol. The van der Waals surface area contributed by atoms with E-state index in [1.54, 1.807) is 12.1 Å². The van der Waals surface area contributed by atoms with Crippen molar-refractivity contribution in [2.75, 3.05) is 0 Å². The molecule has 0 amide bonds. The molecule has 160 valence electrons. The van der Waals surface area contributed by atoms with Gasteiger partial charge in [0.25, 0.3) is 0 Å². The summed E-state index contributed by atoms with van der Waals surface area (Å²) in [5, 5.41) is 0.725. The van der Waals surface area contributed by atoms with Crippen LogP contribution >= 0.6 is 11.6 Å². The quantitative estimate of drug-likeness (QED) is 0.323. The first-order valence-corrected chi connectivity index (χ1v) is 9.81. The van der Waals surface area contributed by atoms with Gasteiger partial charge in [-0.25, -0.2) is 18.9 Å². The summed E-state index contributed by atoms with van der Waals surface area (Å²) in [5.74, 6) is -1.60. The molecule has 0 aliphatic carbocycles. The molecule has 2 aromatic carbocycles. The lowest BCUT2D eigenvalue weighted by molar-refractivity contribution is -0.178. The summed E-state index contributed by atoms with van der Waals surface area (Å²) in [6, 6.07) is 9.97. The molecule has 0 atom stereocenters. The molecular formula is C23H23ClF2O4. The van der Waals surface area contributed by atoms with Crippen molar-refractivity contribution in [3.05, 3.63) is 74.9 Å². The van der Waals surface area contributed by atoms with Gasteiger partial charge >= 0.3 is 11.6 Å². The third kappa shape index (κ3) is 6.00. The van der Waals surface area contributed by atoms with Crippen molar-refractivity contribution in [1.82, 2.24) is 0 Å². The van der Waals surface area contributed by atoms with Crippen LogP contribution in [0.5, 0.6) is 0 Å². The minimum Gasteiger partial charge on any atom is -0.423 e. The summed E-state index contributed by atoms with van der Waals surface area (Å²) >= 11 is 6.10. The van der Waals surface area contributed by atoms with Crippen LogP contribution in [0.3, 0.4) is 0 Å². The maximum Gasteiger partial charge on any atom is 0.375 e. The summed E-state index contributed by atoms with van der Waals surface area (Å²) in [5.41, 5.74) is 1.12. The fourth-order valence-corrected chi connectivity index (χ4v) is 2.84. The van der Waals surface area contributed by atoms with Crippen LogP contribution in [-0.4, -0.2) is 5.97 Å². The lowest BCUT2D eigenvalue weighted by atomic mass is 10.0. The molecule has 4 nitrogen and oxygen atoms in total. The summed E-state index contributed by atoms with van der Waals surface area (Å²) in [7, 11) is 0. The third-order valence-electron chi connectivity index (χ3n) is 3.77. The molecule has 3 aromatic rings. The Labute approximate surface area is 178 Å². The molecule has 30 heavy (non-hydrogen) atoms. The normalized spacial score (nSPS) is 10.5. The van der Waals surface area contributed by atoms with Crippen molar-refractivity contribution in [3.8, 4) is 11.1 Å². The highest BCUT2D eigenvalue weighted by molar-refractivity contribution is 6.33. The second kappa shape index (κ2) is 11.9. The van der Waals surface area contributed by atoms with Crippen molar-refractivity contribution in [2.24, 2.45) is 0 Å². The van der Waals surface area contributed by atoms with E-state index in [1.807, 2.05) is 27.7 Å². The van der Waals surface area contributed by atoms with Crippen LogP contribution in [0.15, 0.2) is 57.2 Å². The minimum atomic E-state index is -1.11. The summed E-state index contributed by atoms with van der Waals surface area (Å²) < 4.78 is 30.5. The van der Waals surface area contributed by atoms with Crippen molar-refractivity contribution in [2.45, 2.75) is 34.6 Å².